The normalized spacial score (nSPS) is 15.8. The van der Waals surface area contributed by atoms with Gasteiger partial charge in [-0.15, -0.1) is 0 Å². The first-order valence-electron chi connectivity index (χ1n) is 8.22. The van der Waals surface area contributed by atoms with Crippen molar-refractivity contribution in [3.05, 3.63) is 101 Å². The minimum Gasteiger partial charge on any atom is -0.497 e. The number of benzene rings is 3. The number of ether oxygens (including phenoxy) is 1. The van der Waals surface area contributed by atoms with Gasteiger partial charge in [0.2, 0.25) is 0 Å². The van der Waals surface area contributed by atoms with E-state index in [1.54, 1.807) is 7.11 Å². The minimum atomic E-state index is 0.0924. The van der Waals surface area contributed by atoms with Crippen LogP contribution in [0.4, 0.5) is 5.69 Å². The standard InChI is InChI=1S/C22H18ClNO/c1-25-18-10-7-16(8-11-18)22-14-19(15-5-3-2-4-6-15)20-13-17(23)9-12-21(20)24-22/h2-14,22,24H,1H3/t22-/m0/s1. The Morgan fingerprint density at radius 3 is 2.40 bits per heavy atom. The fourth-order valence-electron chi connectivity index (χ4n) is 3.19. The molecule has 0 fully saturated rings. The van der Waals surface area contributed by atoms with Crippen molar-refractivity contribution in [3.63, 3.8) is 0 Å². The first kappa shape index (κ1) is 15.8. The van der Waals surface area contributed by atoms with Crippen molar-refractivity contribution in [2.45, 2.75) is 6.04 Å². The third-order valence-electron chi connectivity index (χ3n) is 4.48. The maximum absolute atomic E-state index is 6.25. The van der Waals surface area contributed by atoms with Crippen molar-refractivity contribution >= 4 is 22.9 Å². The van der Waals surface area contributed by atoms with Gasteiger partial charge < -0.3 is 10.1 Å². The van der Waals surface area contributed by atoms with Crippen molar-refractivity contribution in [3.8, 4) is 5.75 Å². The lowest BCUT2D eigenvalue weighted by molar-refractivity contribution is 0.414. The van der Waals surface area contributed by atoms with E-state index in [9.17, 15) is 0 Å². The zero-order valence-electron chi connectivity index (χ0n) is 13.9. The van der Waals surface area contributed by atoms with Gasteiger partial charge in [-0.25, -0.2) is 0 Å². The molecule has 2 nitrogen and oxygen atoms in total. The summed E-state index contributed by atoms with van der Waals surface area (Å²) in [6.45, 7) is 0. The highest BCUT2D eigenvalue weighted by Crippen LogP contribution is 2.39. The number of anilines is 1. The summed E-state index contributed by atoms with van der Waals surface area (Å²) in [6, 6.07) is 24.7. The van der Waals surface area contributed by atoms with E-state index in [2.05, 4.69) is 47.8 Å². The maximum atomic E-state index is 6.25. The Bertz CT molecular complexity index is 917. The second-order valence-electron chi connectivity index (χ2n) is 6.03. The van der Waals surface area contributed by atoms with Crippen LogP contribution < -0.4 is 10.1 Å². The molecular weight excluding hydrogens is 330 g/mol. The first-order valence-corrected chi connectivity index (χ1v) is 8.60. The molecule has 0 radical (unpaired) electrons. The topological polar surface area (TPSA) is 21.3 Å². The number of nitrogens with one attached hydrogen (secondary N) is 1. The van der Waals surface area contributed by atoms with Gasteiger partial charge in [0.05, 0.1) is 13.2 Å². The van der Waals surface area contributed by atoms with E-state index in [-0.39, 0.29) is 6.04 Å². The quantitative estimate of drug-likeness (QED) is 0.632. The van der Waals surface area contributed by atoms with Crippen LogP contribution in [0, 0.1) is 0 Å². The number of rotatable bonds is 3. The van der Waals surface area contributed by atoms with Crippen LogP contribution in [0.15, 0.2) is 78.9 Å². The van der Waals surface area contributed by atoms with Crippen LogP contribution >= 0.6 is 11.6 Å². The van der Waals surface area contributed by atoms with Crippen molar-refractivity contribution in [1.29, 1.82) is 0 Å². The Morgan fingerprint density at radius 1 is 0.920 bits per heavy atom. The fourth-order valence-corrected chi connectivity index (χ4v) is 3.36. The summed E-state index contributed by atoms with van der Waals surface area (Å²) in [5.74, 6) is 0.860. The summed E-state index contributed by atoms with van der Waals surface area (Å²) >= 11 is 6.25. The lowest BCUT2D eigenvalue weighted by Gasteiger charge is -2.27. The molecule has 3 aromatic carbocycles. The predicted octanol–water partition coefficient (Wildman–Crippen LogP) is 5.95. The molecule has 25 heavy (non-hydrogen) atoms. The molecule has 0 saturated heterocycles. The Morgan fingerprint density at radius 2 is 1.68 bits per heavy atom. The van der Waals surface area contributed by atoms with Gasteiger partial charge in [-0.1, -0.05) is 54.1 Å². The summed E-state index contributed by atoms with van der Waals surface area (Å²) < 4.78 is 5.27. The van der Waals surface area contributed by atoms with Crippen LogP contribution in [0.25, 0.3) is 5.57 Å². The molecular formula is C22H18ClNO. The Hall–Kier alpha value is -2.71. The lowest BCUT2D eigenvalue weighted by atomic mass is 9.89. The second kappa shape index (κ2) is 6.66. The molecule has 1 N–H and O–H groups in total. The number of fused-ring (bicyclic) bond motifs is 1. The first-order chi connectivity index (χ1) is 12.2. The maximum Gasteiger partial charge on any atom is 0.118 e. The van der Waals surface area contributed by atoms with E-state index in [0.717, 1.165) is 22.0 Å². The fraction of sp³-hybridized carbons (Fsp3) is 0.0909. The van der Waals surface area contributed by atoms with E-state index in [4.69, 9.17) is 16.3 Å². The molecule has 4 rings (SSSR count). The molecule has 0 aliphatic carbocycles. The summed E-state index contributed by atoms with van der Waals surface area (Å²) in [7, 11) is 1.68. The third-order valence-corrected chi connectivity index (χ3v) is 4.71. The number of hydrogen-bond acceptors (Lipinski definition) is 2. The summed E-state index contributed by atoms with van der Waals surface area (Å²) in [4.78, 5) is 0. The monoisotopic (exact) mass is 347 g/mol. The Kier molecular flexibility index (Phi) is 4.21. The molecule has 1 aliphatic heterocycles. The number of hydrogen-bond donors (Lipinski definition) is 1. The molecule has 3 heteroatoms. The van der Waals surface area contributed by atoms with Gasteiger partial charge >= 0.3 is 0 Å². The smallest absolute Gasteiger partial charge is 0.118 e. The summed E-state index contributed by atoms with van der Waals surface area (Å²) in [5, 5.41) is 4.34. The van der Waals surface area contributed by atoms with Crippen molar-refractivity contribution in [1.82, 2.24) is 0 Å². The van der Waals surface area contributed by atoms with E-state index in [0.29, 0.717) is 0 Å². The summed E-state index contributed by atoms with van der Waals surface area (Å²) in [5.41, 5.74) is 5.79. The van der Waals surface area contributed by atoms with Crippen LogP contribution in [0.2, 0.25) is 5.02 Å². The van der Waals surface area contributed by atoms with Gasteiger partial charge in [0.25, 0.3) is 0 Å². The van der Waals surface area contributed by atoms with Crippen LogP contribution in [0.1, 0.15) is 22.7 Å². The van der Waals surface area contributed by atoms with Crippen molar-refractivity contribution in [2.24, 2.45) is 0 Å². The van der Waals surface area contributed by atoms with Crippen molar-refractivity contribution < 1.29 is 4.74 Å². The Balaban J connectivity index is 1.81. The van der Waals surface area contributed by atoms with Gasteiger partial charge in [-0.3, -0.25) is 0 Å². The van der Waals surface area contributed by atoms with Gasteiger partial charge in [-0.2, -0.15) is 0 Å². The van der Waals surface area contributed by atoms with E-state index in [1.165, 1.54) is 16.7 Å². The molecule has 124 valence electrons. The zero-order chi connectivity index (χ0) is 17.2. The largest absolute Gasteiger partial charge is 0.497 e. The third kappa shape index (κ3) is 3.13. The summed E-state index contributed by atoms with van der Waals surface area (Å²) in [6.07, 6.45) is 2.26. The van der Waals surface area contributed by atoms with Crippen LogP contribution in [0.3, 0.4) is 0 Å². The van der Waals surface area contributed by atoms with E-state index in [1.807, 2.05) is 36.4 Å². The van der Waals surface area contributed by atoms with Crippen LogP contribution in [-0.4, -0.2) is 7.11 Å². The van der Waals surface area contributed by atoms with Gasteiger partial charge in [-0.05, 0) is 53.1 Å². The second-order valence-corrected chi connectivity index (χ2v) is 6.47. The molecule has 0 amide bonds. The Labute approximate surface area is 152 Å². The molecule has 0 saturated carbocycles. The molecule has 1 heterocycles. The van der Waals surface area contributed by atoms with Crippen LogP contribution in [0.5, 0.6) is 5.75 Å². The lowest BCUT2D eigenvalue weighted by Crippen LogP contribution is -2.15. The average molecular weight is 348 g/mol. The zero-order valence-corrected chi connectivity index (χ0v) is 14.6. The molecule has 0 aromatic heterocycles. The molecule has 3 aromatic rings. The minimum absolute atomic E-state index is 0.0924. The van der Waals surface area contributed by atoms with Gasteiger partial charge in [0.15, 0.2) is 0 Å². The van der Waals surface area contributed by atoms with Gasteiger partial charge in [0, 0.05) is 16.3 Å². The highest BCUT2D eigenvalue weighted by Gasteiger charge is 2.21. The molecule has 0 unspecified atom stereocenters. The number of halogens is 1. The highest BCUT2D eigenvalue weighted by molar-refractivity contribution is 6.31. The molecule has 1 atom stereocenters. The van der Waals surface area contributed by atoms with Crippen molar-refractivity contribution in [2.75, 3.05) is 12.4 Å². The average Bonchev–Trinajstić information content (AvgIpc) is 2.68. The SMILES string of the molecule is COc1ccc([C@@H]2C=C(c3ccccc3)c3cc(Cl)ccc3N2)cc1. The highest BCUT2D eigenvalue weighted by atomic mass is 35.5. The molecule has 0 bridgehead atoms. The predicted molar refractivity (Wildman–Crippen MR) is 104 cm³/mol. The van der Waals surface area contributed by atoms with Crippen LogP contribution in [-0.2, 0) is 0 Å². The van der Waals surface area contributed by atoms with Gasteiger partial charge in [0.1, 0.15) is 5.75 Å². The van der Waals surface area contributed by atoms with E-state index < -0.39 is 0 Å². The molecule has 0 spiro atoms. The number of methoxy groups -OCH3 is 1. The molecule has 1 aliphatic rings. The van der Waals surface area contributed by atoms with E-state index >= 15 is 0 Å².